The van der Waals surface area contributed by atoms with Crippen molar-refractivity contribution in [1.82, 2.24) is 19.8 Å². The molecule has 2 atom stereocenters. The number of hydrogen-bond acceptors (Lipinski definition) is 3. The third kappa shape index (κ3) is 2.52. The van der Waals surface area contributed by atoms with Crippen molar-refractivity contribution in [2.75, 3.05) is 13.1 Å². The third-order valence-electron chi connectivity index (χ3n) is 3.73. The lowest BCUT2D eigenvalue weighted by molar-refractivity contribution is 0.0742. The molecule has 1 amide bonds. The molecule has 2 bridgehead atoms. The number of aromatic nitrogens is 2. The molecule has 5 nitrogen and oxygen atoms in total. The Kier molecular flexibility index (Phi) is 3.92. The number of hydrogen-bond donors (Lipinski definition) is 1. The maximum atomic E-state index is 12.3. The maximum absolute atomic E-state index is 12.3. The molecule has 1 aromatic heterocycles. The van der Waals surface area contributed by atoms with Gasteiger partial charge in [0.2, 0.25) is 0 Å². The molecule has 2 aliphatic rings. The second-order valence-electron chi connectivity index (χ2n) is 5.10. The molecule has 1 N–H and O–H groups in total. The van der Waals surface area contributed by atoms with E-state index in [0.29, 0.717) is 17.8 Å². The van der Waals surface area contributed by atoms with Gasteiger partial charge < -0.3 is 14.8 Å². The number of imidazole rings is 1. The third-order valence-corrected chi connectivity index (χ3v) is 3.73. The van der Waals surface area contributed by atoms with Crippen molar-refractivity contribution in [2.24, 2.45) is 7.05 Å². The van der Waals surface area contributed by atoms with E-state index in [1.807, 2.05) is 16.5 Å². The zero-order valence-electron chi connectivity index (χ0n) is 10.5. The summed E-state index contributed by atoms with van der Waals surface area (Å²) in [6, 6.07) is 1.09. The van der Waals surface area contributed by atoms with E-state index in [2.05, 4.69) is 10.3 Å². The summed E-state index contributed by atoms with van der Waals surface area (Å²) in [6.45, 7) is 1.68. The Morgan fingerprint density at radius 2 is 2.17 bits per heavy atom. The average molecular weight is 271 g/mol. The van der Waals surface area contributed by atoms with Crippen LogP contribution in [0.1, 0.15) is 29.8 Å². The van der Waals surface area contributed by atoms with E-state index in [1.54, 1.807) is 12.5 Å². The molecule has 2 unspecified atom stereocenters. The number of nitrogens with one attached hydrogen (secondary N) is 1. The van der Waals surface area contributed by atoms with Crippen LogP contribution >= 0.6 is 12.4 Å². The van der Waals surface area contributed by atoms with Crippen molar-refractivity contribution >= 4 is 18.3 Å². The normalized spacial score (nSPS) is 26.6. The molecule has 0 aromatic carbocycles. The van der Waals surface area contributed by atoms with E-state index in [4.69, 9.17) is 0 Å². The molecule has 1 aromatic rings. The number of halogens is 1. The standard InChI is InChI=1S/C12H18N4O.ClH/c1-15-7-11(13-8-15)12(17)16-5-4-9-2-3-10(6-16)14-9;/h7-10,14H,2-6H2,1H3;1H. The minimum absolute atomic E-state index is 0. The van der Waals surface area contributed by atoms with Gasteiger partial charge in [-0.25, -0.2) is 4.98 Å². The first-order chi connectivity index (χ1) is 8.22. The summed E-state index contributed by atoms with van der Waals surface area (Å²) in [5.74, 6) is 0.0694. The van der Waals surface area contributed by atoms with Gasteiger partial charge in [-0.05, 0) is 19.3 Å². The van der Waals surface area contributed by atoms with Crippen molar-refractivity contribution in [3.8, 4) is 0 Å². The summed E-state index contributed by atoms with van der Waals surface area (Å²) in [4.78, 5) is 18.3. The van der Waals surface area contributed by atoms with Crippen LogP contribution in [0.3, 0.4) is 0 Å². The van der Waals surface area contributed by atoms with Gasteiger partial charge in [-0.3, -0.25) is 4.79 Å². The van der Waals surface area contributed by atoms with Crippen LogP contribution in [0.2, 0.25) is 0 Å². The van der Waals surface area contributed by atoms with Gasteiger partial charge in [0, 0.05) is 38.4 Å². The van der Waals surface area contributed by atoms with E-state index in [0.717, 1.165) is 19.5 Å². The SMILES string of the molecule is Cl.Cn1cnc(C(=O)N2CCC3CCC(C2)N3)c1. The van der Waals surface area contributed by atoms with Crippen LogP contribution in [0.15, 0.2) is 12.5 Å². The topological polar surface area (TPSA) is 50.2 Å². The molecule has 6 heteroatoms. The molecule has 2 aliphatic heterocycles. The molecule has 100 valence electrons. The van der Waals surface area contributed by atoms with E-state index < -0.39 is 0 Å². The Morgan fingerprint density at radius 3 is 2.89 bits per heavy atom. The highest BCUT2D eigenvalue weighted by molar-refractivity contribution is 5.92. The maximum Gasteiger partial charge on any atom is 0.274 e. The average Bonchev–Trinajstić information content (AvgIpc) is 2.84. The molecule has 18 heavy (non-hydrogen) atoms. The van der Waals surface area contributed by atoms with Gasteiger partial charge in [-0.1, -0.05) is 0 Å². The smallest absolute Gasteiger partial charge is 0.274 e. The number of nitrogens with zero attached hydrogens (tertiary/aromatic N) is 3. The zero-order valence-corrected chi connectivity index (χ0v) is 11.3. The predicted molar refractivity (Wildman–Crippen MR) is 70.9 cm³/mol. The highest BCUT2D eigenvalue weighted by atomic mass is 35.5. The first kappa shape index (κ1) is 13.4. The molecule has 2 fully saturated rings. The van der Waals surface area contributed by atoms with Crippen LogP contribution in [0, 0.1) is 0 Å². The van der Waals surface area contributed by atoms with E-state index >= 15 is 0 Å². The summed E-state index contributed by atoms with van der Waals surface area (Å²) < 4.78 is 1.81. The number of rotatable bonds is 1. The molecule has 3 heterocycles. The number of amides is 1. The number of fused-ring (bicyclic) bond motifs is 2. The predicted octanol–water partition coefficient (Wildman–Crippen LogP) is 0.808. The van der Waals surface area contributed by atoms with Crippen LogP contribution in [0.5, 0.6) is 0 Å². The van der Waals surface area contributed by atoms with Gasteiger partial charge in [-0.15, -0.1) is 12.4 Å². The van der Waals surface area contributed by atoms with Crippen molar-refractivity contribution in [3.05, 3.63) is 18.2 Å². The summed E-state index contributed by atoms with van der Waals surface area (Å²) >= 11 is 0. The second kappa shape index (κ2) is 5.28. The molecule has 0 aliphatic carbocycles. The van der Waals surface area contributed by atoms with Gasteiger partial charge in [0.25, 0.3) is 5.91 Å². The van der Waals surface area contributed by atoms with E-state index in [1.165, 1.54) is 12.8 Å². The van der Waals surface area contributed by atoms with Gasteiger partial charge in [0.05, 0.1) is 6.33 Å². The van der Waals surface area contributed by atoms with Gasteiger partial charge in [-0.2, -0.15) is 0 Å². The van der Waals surface area contributed by atoms with Gasteiger partial charge in [0.1, 0.15) is 5.69 Å². The van der Waals surface area contributed by atoms with Crippen molar-refractivity contribution in [3.63, 3.8) is 0 Å². The molecule has 0 saturated carbocycles. The number of carbonyl (C=O) groups is 1. The molecule has 2 saturated heterocycles. The Hall–Kier alpha value is -1.07. The monoisotopic (exact) mass is 270 g/mol. The molecular weight excluding hydrogens is 252 g/mol. The summed E-state index contributed by atoms with van der Waals surface area (Å²) in [5.41, 5.74) is 0.560. The lowest BCUT2D eigenvalue weighted by Crippen LogP contribution is -2.39. The lowest BCUT2D eigenvalue weighted by Gasteiger charge is -2.23. The van der Waals surface area contributed by atoms with Crippen LogP contribution in [-0.2, 0) is 7.05 Å². The van der Waals surface area contributed by atoms with Crippen molar-refractivity contribution in [1.29, 1.82) is 0 Å². The van der Waals surface area contributed by atoms with E-state index in [-0.39, 0.29) is 18.3 Å². The highest BCUT2D eigenvalue weighted by Gasteiger charge is 2.31. The lowest BCUT2D eigenvalue weighted by atomic mass is 10.1. The van der Waals surface area contributed by atoms with Crippen molar-refractivity contribution < 1.29 is 4.79 Å². The van der Waals surface area contributed by atoms with Crippen LogP contribution in [0.4, 0.5) is 0 Å². The highest BCUT2D eigenvalue weighted by Crippen LogP contribution is 2.21. The molecule has 3 rings (SSSR count). The summed E-state index contributed by atoms with van der Waals surface area (Å²) in [5, 5.41) is 3.57. The summed E-state index contributed by atoms with van der Waals surface area (Å²) in [6.07, 6.45) is 6.98. The van der Waals surface area contributed by atoms with Crippen LogP contribution in [-0.4, -0.2) is 45.5 Å². The number of likely N-dealkylation sites (tertiary alicyclic amines) is 1. The fourth-order valence-electron chi connectivity index (χ4n) is 2.81. The van der Waals surface area contributed by atoms with Crippen LogP contribution < -0.4 is 5.32 Å². The zero-order chi connectivity index (χ0) is 11.8. The van der Waals surface area contributed by atoms with Crippen molar-refractivity contribution in [2.45, 2.75) is 31.3 Å². The van der Waals surface area contributed by atoms with Gasteiger partial charge in [0.15, 0.2) is 0 Å². The number of carbonyl (C=O) groups excluding carboxylic acids is 1. The van der Waals surface area contributed by atoms with Crippen LogP contribution in [0.25, 0.3) is 0 Å². The molecule has 0 radical (unpaired) electrons. The fraction of sp³-hybridized carbons (Fsp3) is 0.667. The largest absolute Gasteiger partial charge is 0.340 e. The first-order valence-electron chi connectivity index (χ1n) is 6.25. The molecular formula is C12H19ClN4O. The fourth-order valence-corrected chi connectivity index (χ4v) is 2.81. The quantitative estimate of drug-likeness (QED) is 0.822. The Bertz CT molecular complexity index is 433. The van der Waals surface area contributed by atoms with E-state index in [9.17, 15) is 4.79 Å². The molecule has 0 spiro atoms. The minimum Gasteiger partial charge on any atom is -0.340 e. The summed E-state index contributed by atoms with van der Waals surface area (Å²) in [7, 11) is 1.88. The number of aryl methyl sites for hydroxylation is 1. The Balaban J connectivity index is 0.00000120. The Morgan fingerprint density at radius 1 is 1.39 bits per heavy atom. The second-order valence-corrected chi connectivity index (χ2v) is 5.10. The minimum atomic E-state index is 0. The van der Waals surface area contributed by atoms with Gasteiger partial charge >= 0.3 is 0 Å². The first-order valence-corrected chi connectivity index (χ1v) is 6.25. The Labute approximate surface area is 113 Å².